The van der Waals surface area contributed by atoms with E-state index in [0.29, 0.717) is 6.42 Å². The van der Waals surface area contributed by atoms with Gasteiger partial charge in [-0.15, -0.1) is 0 Å². The quantitative estimate of drug-likeness (QED) is 0.841. The molecule has 0 spiro atoms. The highest BCUT2D eigenvalue weighted by Gasteiger charge is 2.32. The van der Waals surface area contributed by atoms with Crippen molar-refractivity contribution in [1.29, 1.82) is 0 Å². The van der Waals surface area contributed by atoms with Crippen molar-refractivity contribution >= 4 is 5.97 Å². The molecule has 0 aromatic heterocycles. The Balaban J connectivity index is 2.97. The summed E-state index contributed by atoms with van der Waals surface area (Å²) in [5.41, 5.74) is 1.89. The molecular weight excluding hydrogens is 238 g/mol. The zero-order valence-corrected chi connectivity index (χ0v) is 10.7. The molecule has 1 aromatic rings. The summed E-state index contributed by atoms with van der Waals surface area (Å²) >= 11 is 0. The average Bonchev–Trinajstić information content (AvgIpc) is 2.35. The Morgan fingerprint density at radius 1 is 1.22 bits per heavy atom. The van der Waals surface area contributed by atoms with Gasteiger partial charge in [-0.3, -0.25) is 4.79 Å². The van der Waals surface area contributed by atoms with Crippen molar-refractivity contribution in [3.8, 4) is 0 Å². The third kappa shape index (κ3) is 3.52. The lowest BCUT2D eigenvalue weighted by atomic mass is 9.95. The molecule has 0 fully saturated rings. The second-order valence-corrected chi connectivity index (χ2v) is 4.29. The van der Waals surface area contributed by atoms with Crippen LogP contribution < -0.4 is 0 Å². The second kappa shape index (κ2) is 5.94. The van der Waals surface area contributed by atoms with Gasteiger partial charge in [0, 0.05) is 12.0 Å². The molecule has 0 amide bonds. The van der Waals surface area contributed by atoms with E-state index in [-0.39, 0.29) is 5.56 Å². The number of carboxylic acids is 1. The number of aryl methyl sites for hydroxylation is 2. The minimum absolute atomic E-state index is 0.0854. The Hall–Kier alpha value is -1.45. The van der Waals surface area contributed by atoms with Gasteiger partial charge in [-0.2, -0.15) is 0 Å². The van der Waals surface area contributed by atoms with E-state index < -0.39 is 24.7 Å². The van der Waals surface area contributed by atoms with Gasteiger partial charge in [0.2, 0.25) is 0 Å². The minimum atomic E-state index is -3.07. The fraction of sp³-hybridized carbons (Fsp3) is 0.500. The first-order valence-corrected chi connectivity index (χ1v) is 6.12. The van der Waals surface area contributed by atoms with Gasteiger partial charge in [0.1, 0.15) is 0 Å². The molecule has 0 bridgehead atoms. The van der Waals surface area contributed by atoms with Gasteiger partial charge in [-0.05, 0) is 30.0 Å². The molecule has 2 nitrogen and oxygen atoms in total. The molecule has 0 heterocycles. The molecule has 1 rings (SSSR count). The number of hydrogen-bond acceptors (Lipinski definition) is 1. The molecular formula is C14H18F2O2. The van der Waals surface area contributed by atoms with Gasteiger partial charge in [-0.25, -0.2) is 8.78 Å². The van der Waals surface area contributed by atoms with Crippen LogP contribution in [0, 0.1) is 0 Å². The zero-order valence-electron chi connectivity index (χ0n) is 10.7. The number of rotatable bonds is 6. The van der Waals surface area contributed by atoms with E-state index in [1.54, 1.807) is 6.07 Å². The Morgan fingerprint density at radius 3 is 2.33 bits per heavy atom. The van der Waals surface area contributed by atoms with Crippen LogP contribution in [-0.4, -0.2) is 11.1 Å². The summed E-state index contributed by atoms with van der Waals surface area (Å²) in [6.45, 7) is 3.91. The van der Waals surface area contributed by atoms with Gasteiger partial charge >= 0.3 is 5.97 Å². The van der Waals surface area contributed by atoms with E-state index in [4.69, 9.17) is 5.11 Å². The summed E-state index contributed by atoms with van der Waals surface area (Å²) in [6, 6.07) is 4.61. The molecule has 0 radical (unpaired) electrons. The van der Waals surface area contributed by atoms with Crippen molar-refractivity contribution in [1.82, 2.24) is 0 Å². The minimum Gasteiger partial charge on any atom is -0.481 e. The first-order chi connectivity index (χ1) is 8.40. The van der Waals surface area contributed by atoms with Gasteiger partial charge in [0.15, 0.2) is 0 Å². The van der Waals surface area contributed by atoms with E-state index >= 15 is 0 Å². The van der Waals surface area contributed by atoms with Crippen molar-refractivity contribution in [2.24, 2.45) is 0 Å². The van der Waals surface area contributed by atoms with Crippen molar-refractivity contribution in [2.75, 3.05) is 0 Å². The predicted molar refractivity (Wildman–Crippen MR) is 66.0 cm³/mol. The van der Waals surface area contributed by atoms with E-state index in [1.165, 1.54) is 12.1 Å². The number of carbonyl (C=O) groups is 1. The maximum absolute atomic E-state index is 13.8. The molecule has 0 aliphatic carbocycles. The van der Waals surface area contributed by atoms with E-state index in [1.807, 2.05) is 13.8 Å². The summed E-state index contributed by atoms with van der Waals surface area (Å²) in [6.07, 6.45) is 0.330. The number of carboxylic acid groups (broad SMARTS) is 1. The maximum Gasteiger partial charge on any atom is 0.303 e. The van der Waals surface area contributed by atoms with E-state index in [2.05, 4.69) is 0 Å². The summed E-state index contributed by atoms with van der Waals surface area (Å²) < 4.78 is 27.6. The van der Waals surface area contributed by atoms with E-state index in [9.17, 15) is 13.6 Å². The monoisotopic (exact) mass is 256 g/mol. The van der Waals surface area contributed by atoms with Crippen LogP contribution in [0.4, 0.5) is 8.78 Å². The molecule has 0 atom stereocenters. The average molecular weight is 256 g/mol. The largest absolute Gasteiger partial charge is 0.481 e. The van der Waals surface area contributed by atoms with Crippen LogP contribution in [-0.2, 0) is 23.6 Å². The van der Waals surface area contributed by atoms with Gasteiger partial charge in [0.05, 0.1) is 6.42 Å². The zero-order chi connectivity index (χ0) is 13.8. The molecule has 0 aliphatic rings. The number of halogens is 2. The molecule has 18 heavy (non-hydrogen) atoms. The van der Waals surface area contributed by atoms with Crippen LogP contribution in [0.25, 0.3) is 0 Å². The van der Waals surface area contributed by atoms with Crippen molar-refractivity contribution < 1.29 is 18.7 Å². The highest BCUT2D eigenvalue weighted by molar-refractivity contribution is 5.66. The number of benzene rings is 1. The summed E-state index contributed by atoms with van der Waals surface area (Å²) in [5, 5.41) is 8.47. The summed E-state index contributed by atoms with van der Waals surface area (Å²) in [4.78, 5) is 10.4. The molecule has 0 saturated heterocycles. The number of alkyl halides is 2. The third-order valence-electron chi connectivity index (χ3n) is 3.04. The normalized spacial score (nSPS) is 11.6. The van der Waals surface area contributed by atoms with Crippen LogP contribution in [0.2, 0.25) is 0 Å². The summed E-state index contributed by atoms with van der Waals surface area (Å²) in [5.74, 6) is -4.27. The highest BCUT2D eigenvalue weighted by atomic mass is 19.3. The van der Waals surface area contributed by atoms with Crippen molar-refractivity contribution in [2.45, 2.75) is 45.5 Å². The van der Waals surface area contributed by atoms with Crippen LogP contribution in [0.15, 0.2) is 18.2 Å². The molecule has 0 unspecified atom stereocenters. The van der Waals surface area contributed by atoms with Gasteiger partial charge in [-0.1, -0.05) is 26.0 Å². The molecule has 1 N–H and O–H groups in total. The second-order valence-electron chi connectivity index (χ2n) is 4.29. The summed E-state index contributed by atoms with van der Waals surface area (Å²) in [7, 11) is 0. The fourth-order valence-corrected chi connectivity index (χ4v) is 1.94. The number of hydrogen-bond donors (Lipinski definition) is 1. The third-order valence-corrected chi connectivity index (χ3v) is 3.04. The van der Waals surface area contributed by atoms with Crippen LogP contribution in [0.5, 0.6) is 0 Å². The Bertz CT molecular complexity index is 428. The molecule has 0 saturated carbocycles. The SMILES string of the molecule is CCc1ccc(C(F)(F)CCC(=O)O)cc1CC. The fourth-order valence-electron chi connectivity index (χ4n) is 1.94. The molecule has 1 aromatic carbocycles. The van der Waals surface area contributed by atoms with Crippen LogP contribution in [0.1, 0.15) is 43.4 Å². The lowest BCUT2D eigenvalue weighted by Crippen LogP contribution is -2.16. The molecule has 4 heteroatoms. The van der Waals surface area contributed by atoms with Crippen LogP contribution in [0.3, 0.4) is 0 Å². The Kier molecular flexibility index (Phi) is 4.82. The predicted octanol–water partition coefficient (Wildman–Crippen LogP) is 3.77. The topological polar surface area (TPSA) is 37.3 Å². The Labute approximate surface area is 106 Å². The Morgan fingerprint density at radius 2 is 1.83 bits per heavy atom. The first-order valence-electron chi connectivity index (χ1n) is 6.12. The van der Waals surface area contributed by atoms with E-state index in [0.717, 1.165) is 17.5 Å². The lowest BCUT2D eigenvalue weighted by Gasteiger charge is -2.18. The van der Waals surface area contributed by atoms with Crippen molar-refractivity contribution in [3.05, 3.63) is 34.9 Å². The van der Waals surface area contributed by atoms with Gasteiger partial charge < -0.3 is 5.11 Å². The number of aliphatic carboxylic acids is 1. The van der Waals surface area contributed by atoms with Crippen LogP contribution >= 0.6 is 0 Å². The maximum atomic E-state index is 13.8. The lowest BCUT2D eigenvalue weighted by molar-refractivity contribution is -0.139. The standard InChI is InChI=1S/C14H18F2O2/c1-3-10-5-6-12(9-11(10)4-2)14(15,16)8-7-13(17)18/h5-6,9H,3-4,7-8H2,1-2H3,(H,17,18). The first kappa shape index (κ1) is 14.6. The highest BCUT2D eigenvalue weighted by Crippen LogP contribution is 2.34. The van der Waals surface area contributed by atoms with Gasteiger partial charge in [0.25, 0.3) is 5.92 Å². The molecule has 100 valence electrons. The molecule has 0 aliphatic heterocycles. The van der Waals surface area contributed by atoms with Crippen molar-refractivity contribution in [3.63, 3.8) is 0 Å². The smallest absolute Gasteiger partial charge is 0.303 e.